The molecular weight excluding hydrogens is 834 g/mol. The molecule has 0 aliphatic carbocycles. The van der Waals surface area contributed by atoms with Gasteiger partial charge in [-0.2, -0.15) is 0 Å². The first-order chi connectivity index (χ1) is 31.2. The molecule has 0 aliphatic rings. The Labute approximate surface area is 367 Å². The van der Waals surface area contributed by atoms with Gasteiger partial charge in [0.2, 0.25) is 0 Å². The molecule has 4 aromatic heterocycles. The first-order valence-electron chi connectivity index (χ1n) is 21.4. The number of para-hydroxylation sites is 3. The van der Waals surface area contributed by atoms with Crippen LogP contribution in [0.15, 0.2) is 217 Å². The molecule has 0 spiro atoms. The van der Waals surface area contributed by atoms with E-state index in [0.29, 0.717) is 0 Å². The number of hydrogen-bond donors (Lipinski definition) is 0. The van der Waals surface area contributed by atoms with Crippen molar-refractivity contribution < 1.29 is 4.42 Å². The molecular formula is C58H35N3OSe. The second-order valence-electron chi connectivity index (χ2n) is 16.5. The summed E-state index contributed by atoms with van der Waals surface area (Å²) < 4.78 is 12.0. The summed E-state index contributed by atoms with van der Waals surface area (Å²) in [6.45, 7) is 0. The van der Waals surface area contributed by atoms with Crippen LogP contribution < -0.4 is 9.80 Å². The van der Waals surface area contributed by atoms with Crippen molar-refractivity contribution in [2.75, 3.05) is 9.80 Å². The van der Waals surface area contributed by atoms with Gasteiger partial charge in [0.1, 0.15) is 11.2 Å². The molecule has 0 radical (unpaired) electrons. The van der Waals surface area contributed by atoms with E-state index in [1.165, 1.54) is 68.2 Å². The van der Waals surface area contributed by atoms with Gasteiger partial charge < -0.3 is 4.42 Å². The van der Waals surface area contributed by atoms with Crippen molar-refractivity contribution in [1.82, 2.24) is 4.40 Å². The first-order valence-corrected chi connectivity index (χ1v) is 23.1. The number of anilines is 6. The summed E-state index contributed by atoms with van der Waals surface area (Å²) in [6, 6.07) is 77.6. The third kappa shape index (κ3) is 5.09. The maximum atomic E-state index is 6.49. The molecule has 63 heavy (non-hydrogen) atoms. The molecule has 0 atom stereocenters. The predicted molar refractivity (Wildman–Crippen MR) is 267 cm³/mol. The Balaban J connectivity index is 1.01. The van der Waals surface area contributed by atoms with Crippen LogP contribution in [0, 0.1) is 0 Å². The fourth-order valence-corrected chi connectivity index (χ4v) is 12.8. The van der Waals surface area contributed by atoms with Crippen molar-refractivity contribution in [3.8, 4) is 0 Å². The summed E-state index contributed by atoms with van der Waals surface area (Å²) in [5, 5.41) is 12.6. The van der Waals surface area contributed by atoms with Crippen molar-refractivity contribution in [3.63, 3.8) is 0 Å². The predicted octanol–water partition coefficient (Wildman–Crippen LogP) is 16.2. The Morgan fingerprint density at radius 2 is 0.937 bits per heavy atom. The van der Waals surface area contributed by atoms with Crippen LogP contribution >= 0.6 is 0 Å². The van der Waals surface area contributed by atoms with E-state index in [9.17, 15) is 0 Å². The quantitative estimate of drug-likeness (QED) is 0.156. The van der Waals surface area contributed by atoms with Crippen molar-refractivity contribution in [1.29, 1.82) is 0 Å². The Morgan fingerprint density at radius 3 is 1.83 bits per heavy atom. The maximum absolute atomic E-state index is 6.49. The molecule has 0 saturated heterocycles. The first kappa shape index (κ1) is 34.8. The topological polar surface area (TPSA) is 24.0 Å². The van der Waals surface area contributed by atoms with Gasteiger partial charge in [-0.05, 0) is 29.7 Å². The molecule has 0 bridgehead atoms. The van der Waals surface area contributed by atoms with Crippen LogP contribution in [-0.2, 0) is 0 Å². The number of furan rings is 1. The van der Waals surface area contributed by atoms with E-state index < -0.39 is 0 Å². The van der Waals surface area contributed by atoms with Crippen molar-refractivity contribution in [2.45, 2.75) is 0 Å². The van der Waals surface area contributed by atoms with Crippen molar-refractivity contribution >= 4 is 139 Å². The SMILES string of the molecule is c1ccc(N(c2cccc(N(c3ccc4c(c3)oc3ccccc34)c3cccc4ccccc34)c2)c2ccc3c4cccc5c6cccc7[se]c8cccc(c8c76)n(c3c2)c54)cc1. The molecule has 14 aromatic rings. The molecule has 0 N–H and O–H groups in total. The zero-order valence-corrected chi connectivity index (χ0v) is 35.6. The van der Waals surface area contributed by atoms with Crippen LogP contribution in [0.5, 0.6) is 0 Å². The summed E-state index contributed by atoms with van der Waals surface area (Å²) in [5.74, 6) is 0. The van der Waals surface area contributed by atoms with Gasteiger partial charge in [0.05, 0.1) is 5.69 Å². The van der Waals surface area contributed by atoms with Crippen LogP contribution in [0.2, 0.25) is 0 Å². The van der Waals surface area contributed by atoms with Gasteiger partial charge in [-0.25, -0.2) is 0 Å². The molecule has 14 rings (SSSR count). The van der Waals surface area contributed by atoms with Crippen LogP contribution in [0.3, 0.4) is 0 Å². The van der Waals surface area contributed by atoms with E-state index in [-0.39, 0.29) is 14.5 Å². The van der Waals surface area contributed by atoms with Crippen molar-refractivity contribution in [3.05, 3.63) is 212 Å². The Hall–Kier alpha value is -7.82. The van der Waals surface area contributed by atoms with Gasteiger partial charge >= 0.3 is 236 Å². The molecule has 0 fully saturated rings. The molecule has 0 saturated carbocycles. The van der Waals surface area contributed by atoms with Crippen molar-refractivity contribution in [2.24, 2.45) is 0 Å². The zero-order valence-electron chi connectivity index (χ0n) is 33.9. The zero-order chi connectivity index (χ0) is 41.2. The number of hydrogen-bond acceptors (Lipinski definition) is 3. The average Bonchev–Trinajstić information content (AvgIpc) is 3.99. The monoisotopic (exact) mass is 869 g/mol. The molecule has 5 heteroatoms. The van der Waals surface area contributed by atoms with Gasteiger partial charge in [-0.1, -0.05) is 54.6 Å². The van der Waals surface area contributed by atoms with Crippen LogP contribution in [0.25, 0.3) is 90.1 Å². The normalized spacial score (nSPS) is 12.1. The molecule has 0 aliphatic heterocycles. The number of benzene rings is 10. The third-order valence-corrected chi connectivity index (χ3v) is 15.4. The average molecular weight is 869 g/mol. The Morgan fingerprint density at radius 1 is 0.349 bits per heavy atom. The number of aromatic nitrogens is 1. The number of rotatable bonds is 6. The summed E-state index contributed by atoms with van der Waals surface area (Å²) >= 11 is 0.267. The van der Waals surface area contributed by atoms with E-state index in [1.807, 2.05) is 12.1 Å². The standard InChI is InChI=1S/C58H35N3OSe/c1-2-15-37(16-3-1)59(40-29-31-43-47-22-10-23-48-46-21-11-27-54-56(46)57-50(25-12-28-55(57)63-54)61(58(47)48)51(43)34-40)38-17-9-18-39(33-38)60(49-24-8-14-36-13-4-5-19-42(36)49)41-30-32-45-44-20-6-7-26-52(44)62-53(45)35-41/h1-35H. The van der Waals surface area contributed by atoms with Gasteiger partial charge in [-0.15, -0.1) is 0 Å². The van der Waals surface area contributed by atoms with Gasteiger partial charge in [0, 0.05) is 27.9 Å². The summed E-state index contributed by atoms with van der Waals surface area (Å²) in [6.07, 6.45) is 0. The molecule has 4 nitrogen and oxygen atoms in total. The molecule has 294 valence electrons. The molecule has 4 heterocycles. The minimum absolute atomic E-state index is 0.267. The Kier molecular flexibility index (Phi) is 7.38. The van der Waals surface area contributed by atoms with E-state index in [2.05, 4.69) is 214 Å². The number of fused-ring (bicyclic) bond motifs is 9. The molecule has 0 unspecified atom stereocenters. The van der Waals surface area contributed by atoms with Crippen LogP contribution in [-0.4, -0.2) is 18.9 Å². The molecule has 10 aromatic carbocycles. The van der Waals surface area contributed by atoms with E-state index in [1.54, 1.807) is 0 Å². The Bertz CT molecular complexity index is 4120. The second kappa shape index (κ2) is 13.3. The fraction of sp³-hybridized carbons (Fsp3) is 0. The van der Waals surface area contributed by atoms with E-state index in [0.717, 1.165) is 56.1 Å². The summed E-state index contributed by atoms with van der Waals surface area (Å²) in [7, 11) is 0. The van der Waals surface area contributed by atoms with Crippen LogP contribution in [0.4, 0.5) is 34.1 Å². The van der Waals surface area contributed by atoms with Gasteiger partial charge in [-0.3, -0.25) is 0 Å². The van der Waals surface area contributed by atoms with E-state index in [4.69, 9.17) is 4.42 Å². The minimum atomic E-state index is 0.267. The molecule has 0 amide bonds. The second-order valence-corrected chi connectivity index (χ2v) is 18.7. The van der Waals surface area contributed by atoms with Gasteiger partial charge in [0.25, 0.3) is 0 Å². The summed E-state index contributed by atoms with van der Waals surface area (Å²) in [4.78, 5) is 4.78. The van der Waals surface area contributed by atoms with Crippen LogP contribution in [0.1, 0.15) is 0 Å². The third-order valence-electron chi connectivity index (χ3n) is 13.1. The number of nitrogens with zero attached hydrogens (tertiary/aromatic N) is 3. The van der Waals surface area contributed by atoms with Gasteiger partial charge in [0.15, 0.2) is 0 Å². The fourth-order valence-electron chi connectivity index (χ4n) is 10.4. The van der Waals surface area contributed by atoms with E-state index >= 15 is 0 Å². The summed E-state index contributed by atoms with van der Waals surface area (Å²) in [5.41, 5.74) is 11.9.